The van der Waals surface area contributed by atoms with Crippen LogP contribution in [-0.2, 0) is 9.53 Å². The summed E-state index contributed by atoms with van der Waals surface area (Å²) in [6.07, 6.45) is 13.5. The summed E-state index contributed by atoms with van der Waals surface area (Å²) in [6, 6.07) is 7.01. The Morgan fingerprint density at radius 1 is 1.11 bits per heavy atom. The van der Waals surface area contributed by atoms with Crippen molar-refractivity contribution in [1.29, 1.82) is 0 Å². The summed E-state index contributed by atoms with van der Waals surface area (Å²) in [5, 5.41) is 11.0. The van der Waals surface area contributed by atoms with Gasteiger partial charge in [0, 0.05) is 52.3 Å². The predicted molar refractivity (Wildman–Crippen MR) is 155 cm³/mol. The molecule has 200 valence electrons. The van der Waals surface area contributed by atoms with Crippen molar-refractivity contribution in [3.8, 4) is 0 Å². The molecule has 9 nitrogen and oxygen atoms in total. The maximum atomic E-state index is 12.0. The van der Waals surface area contributed by atoms with E-state index in [4.69, 9.17) is 9.72 Å². The highest BCUT2D eigenvalue weighted by Crippen LogP contribution is 2.38. The fraction of sp³-hybridized carbons (Fsp3) is 0.444. The molecule has 0 radical (unpaired) electrons. The summed E-state index contributed by atoms with van der Waals surface area (Å²) in [5.74, 6) is 1.17. The van der Waals surface area contributed by atoms with E-state index in [0.29, 0.717) is 19.3 Å². The summed E-state index contributed by atoms with van der Waals surface area (Å²) in [4.78, 5) is 27.0. The second kappa shape index (κ2) is 11.3. The van der Waals surface area contributed by atoms with Gasteiger partial charge in [0.2, 0.25) is 5.13 Å². The minimum Gasteiger partial charge on any atom is -0.361 e. The van der Waals surface area contributed by atoms with Crippen molar-refractivity contribution in [2.75, 3.05) is 30.2 Å². The molecule has 1 amide bonds. The van der Waals surface area contributed by atoms with Crippen LogP contribution in [0.4, 0.5) is 16.6 Å². The molecule has 38 heavy (non-hydrogen) atoms. The lowest BCUT2D eigenvalue weighted by Crippen LogP contribution is -2.26. The lowest BCUT2D eigenvalue weighted by molar-refractivity contribution is -0.122. The van der Waals surface area contributed by atoms with E-state index in [1.54, 1.807) is 37.0 Å². The fourth-order valence-electron chi connectivity index (χ4n) is 4.43. The molecular formula is C27H35N7O2SSi. The Labute approximate surface area is 228 Å². The van der Waals surface area contributed by atoms with E-state index in [9.17, 15) is 4.79 Å². The molecule has 3 aromatic heterocycles. The third-order valence-corrected chi connectivity index (χ3v) is 9.65. The zero-order valence-corrected chi connectivity index (χ0v) is 24.3. The van der Waals surface area contributed by atoms with Crippen LogP contribution in [0.5, 0.6) is 0 Å². The van der Waals surface area contributed by atoms with Crippen LogP contribution in [0.15, 0.2) is 49.1 Å². The minimum absolute atomic E-state index is 0.0864. The molecular weight excluding hydrogens is 514 g/mol. The molecule has 0 spiro atoms. The molecule has 1 aliphatic carbocycles. The van der Waals surface area contributed by atoms with Crippen molar-refractivity contribution in [3.05, 3.63) is 54.1 Å². The standard InChI is InChI=1S/C27H35N7O2SSi/c1-32-13-14-33(12-11-25(32)35)21-17-23-22(28-18-21)9-10-24(29-23)34(19-36-15-16-38(2,3)4)27-31-30-26(37-27)20-7-5-6-8-20/h9-14,17-18,20H,5-8,15-16,19H2,1-4H3. The monoisotopic (exact) mass is 549 g/mol. The highest BCUT2D eigenvalue weighted by atomic mass is 32.1. The minimum atomic E-state index is -1.21. The molecule has 0 bridgehead atoms. The molecule has 1 saturated carbocycles. The van der Waals surface area contributed by atoms with Gasteiger partial charge in [-0.15, -0.1) is 10.2 Å². The average molecular weight is 550 g/mol. The van der Waals surface area contributed by atoms with E-state index in [1.807, 2.05) is 34.2 Å². The quantitative estimate of drug-likeness (QED) is 0.187. The van der Waals surface area contributed by atoms with Crippen molar-refractivity contribution >= 4 is 53.0 Å². The Hall–Kier alpha value is -3.15. The van der Waals surface area contributed by atoms with Crippen LogP contribution in [0, 0.1) is 0 Å². The number of rotatable bonds is 9. The summed E-state index contributed by atoms with van der Waals surface area (Å²) in [7, 11) is 0.522. The molecule has 2 aliphatic rings. The van der Waals surface area contributed by atoms with Crippen molar-refractivity contribution < 1.29 is 9.53 Å². The van der Waals surface area contributed by atoms with Gasteiger partial charge in [0.25, 0.3) is 5.91 Å². The number of hydrogen-bond acceptors (Lipinski definition) is 9. The van der Waals surface area contributed by atoms with E-state index in [-0.39, 0.29) is 5.91 Å². The second-order valence-electron chi connectivity index (χ2n) is 11.1. The maximum absolute atomic E-state index is 12.0. The maximum Gasteiger partial charge on any atom is 0.251 e. The second-order valence-corrected chi connectivity index (χ2v) is 17.7. The number of likely N-dealkylation sites (N-methyl/N-ethyl adjacent to an activating group) is 1. The van der Waals surface area contributed by atoms with Gasteiger partial charge in [-0.3, -0.25) is 14.7 Å². The van der Waals surface area contributed by atoms with Gasteiger partial charge in [-0.05, 0) is 37.1 Å². The van der Waals surface area contributed by atoms with Crippen molar-refractivity contribution in [1.82, 2.24) is 25.1 Å². The molecule has 5 rings (SSSR count). The molecule has 1 fully saturated rings. The number of amides is 1. The predicted octanol–water partition coefficient (Wildman–Crippen LogP) is 5.85. The fourth-order valence-corrected chi connectivity index (χ4v) is 6.20. The molecule has 11 heteroatoms. The van der Waals surface area contributed by atoms with Crippen molar-refractivity contribution in [2.24, 2.45) is 0 Å². The van der Waals surface area contributed by atoms with E-state index < -0.39 is 8.07 Å². The highest BCUT2D eigenvalue weighted by Gasteiger charge is 2.24. The Bertz CT molecular complexity index is 1350. The molecule has 1 aliphatic heterocycles. The first-order chi connectivity index (χ1) is 18.3. The first-order valence-corrected chi connectivity index (χ1v) is 17.7. The number of ether oxygens (including phenoxy) is 1. The first-order valence-electron chi connectivity index (χ1n) is 13.1. The van der Waals surface area contributed by atoms with E-state index in [1.165, 1.54) is 36.7 Å². The SMILES string of the molecule is CN1C=CN(c2cnc3ccc(N(COCC[Si](C)(C)C)c4nnc(C5CCCC5)s4)nc3c2)C=CC1=O. The zero-order chi connectivity index (χ0) is 26.7. The van der Waals surface area contributed by atoms with E-state index >= 15 is 0 Å². The number of carbonyl (C=O) groups is 1. The third-order valence-electron chi connectivity index (χ3n) is 6.84. The smallest absolute Gasteiger partial charge is 0.251 e. The van der Waals surface area contributed by atoms with Gasteiger partial charge in [-0.2, -0.15) is 0 Å². The highest BCUT2D eigenvalue weighted by molar-refractivity contribution is 7.15. The summed E-state index contributed by atoms with van der Waals surface area (Å²) >= 11 is 1.64. The third kappa shape index (κ3) is 6.28. The molecule has 0 unspecified atom stereocenters. The molecule has 0 aromatic carbocycles. The summed E-state index contributed by atoms with van der Waals surface area (Å²) in [5.41, 5.74) is 2.35. The van der Waals surface area contributed by atoms with Crippen LogP contribution in [0.1, 0.15) is 36.6 Å². The Kier molecular flexibility index (Phi) is 7.87. The van der Waals surface area contributed by atoms with Crippen LogP contribution in [0.25, 0.3) is 11.0 Å². The lowest BCUT2D eigenvalue weighted by Gasteiger charge is -2.22. The molecule has 0 N–H and O–H groups in total. The van der Waals surface area contributed by atoms with Gasteiger partial charge in [0.15, 0.2) is 0 Å². The van der Waals surface area contributed by atoms with Gasteiger partial charge in [0.1, 0.15) is 17.6 Å². The average Bonchev–Trinajstić information content (AvgIpc) is 3.57. The number of nitrogens with zero attached hydrogens (tertiary/aromatic N) is 7. The topological polar surface area (TPSA) is 87.6 Å². The largest absolute Gasteiger partial charge is 0.361 e. The summed E-state index contributed by atoms with van der Waals surface area (Å²) < 4.78 is 6.16. The van der Waals surface area contributed by atoms with Gasteiger partial charge in [0.05, 0.1) is 22.9 Å². The van der Waals surface area contributed by atoms with Gasteiger partial charge < -0.3 is 14.5 Å². The van der Waals surface area contributed by atoms with Crippen LogP contribution < -0.4 is 9.80 Å². The normalized spacial score (nSPS) is 16.6. The van der Waals surface area contributed by atoms with Crippen LogP contribution >= 0.6 is 11.3 Å². The van der Waals surface area contributed by atoms with E-state index in [2.05, 4.69) is 34.8 Å². The number of fused-ring (bicyclic) bond motifs is 1. The molecule has 4 heterocycles. The van der Waals surface area contributed by atoms with Crippen molar-refractivity contribution in [3.63, 3.8) is 0 Å². The van der Waals surface area contributed by atoms with Crippen LogP contribution in [-0.4, -0.2) is 59.4 Å². The number of anilines is 3. The van der Waals surface area contributed by atoms with E-state index in [0.717, 1.165) is 38.7 Å². The Morgan fingerprint density at radius 2 is 1.92 bits per heavy atom. The number of carbonyl (C=O) groups excluding carboxylic acids is 1. The van der Waals surface area contributed by atoms with Gasteiger partial charge in [-0.1, -0.05) is 43.8 Å². The molecule has 3 aromatic rings. The Morgan fingerprint density at radius 3 is 2.71 bits per heavy atom. The molecule has 0 atom stereocenters. The summed E-state index contributed by atoms with van der Waals surface area (Å²) in [6.45, 7) is 8.13. The Balaban J connectivity index is 1.44. The lowest BCUT2D eigenvalue weighted by atomic mass is 10.1. The number of pyridine rings is 2. The van der Waals surface area contributed by atoms with Crippen molar-refractivity contribution in [2.45, 2.75) is 57.3 Å². The zero-order valence-electron chi connectivity index (χ0n) is 22.5. The van der Waals surface area contributed by atoms with Crippen LogP contribution in [0.3, 0.4) is 0 Å². The number of hydrogen-bond donors (Lipinski definition) is 0. The first kappa shape index (κ1) is 26.5. The number of aromatic nitrogens is 4. The van der Waals surface area contributed by atoms with Gasteiger partial charge >= 0.3 is 0 Å². The van der Waals surface area contributed by atoms with Crippen LogP contribution in [0.2, 0.25) is 25.7 Å². The van der Waals surface area contributed by atoms with Gasteiger partial charge in [-0.25, -0.2) is 4.98 Å². The molecule has 0 saturated heterocycles.